The highest BCUT2D eigenvalue weighted by molar-refractivity contribution is 5.91. The van der Waals surface area contributed by atoms with Crippen molar-refractivity contribution in [2.24, 2.45) is 7.05 Å². The van der Waals surface area contributed by atoms with Crippen LogP contribution in [0.1, 0.15) is 17.0 Å². The summed E-state index contributed by atoms with van der Waals surface area (Å²) in [6.07, 6.45) is 3.14. The van der Waals surface area contributed by atoms with Gasteiger partial charge in [-0.25, -0.2) is 4.98 Å². The molecule has 0 bridgehead atoms. The number of imidazole rings is 1. The Morgan fingerprint density at radius 3 is 2.49 bits per heavy atom. The van der Waals surface area contributed by atoms with Crippen molar-refractivity contribution in [1.29, 1.82) is 5.26 Å². The highest BCUT2D eigenvalue weighted by Gasteiger charge is 2.18. The number of nitriles is 1. The number of hydrogen-bond acceptors (Lipinski definition) is 6. The third kappa shape index (κ3) is 3.89. The van der Waals surface area contributed by atoms with Gasteiger partial charge in [0.25, 0.3) is 5.56 Å². The average molecular weight is 463 g/mol. The summed E-state index contributed by atoms with van der Waals surface area (Å²) in [5.41, 5.74) is 2.93. The number of pyridine rings is 1. The Labute approximate surface area is 200 Å². The summed E-state index contributed by atoms with van der Waals surface area (Å²) in [6, 6.07) is 20.4. The van der Waals surface area contributed by atoms with Gasteiger partial charge in [0.15, 0.2) is 5.82 Å². The van der Waals surface area contributed by atoms with Gasteiger partial charge >= 0.3 is 0 Å². The van der Waals surface area contributed by atoms with E-state index in [1.165, 1.54) is 10.5 Å². The van der Waals surface area contributed by atoms with Crippen molar-refractivity contribution in [2.45, 2.75) is 6.92 Å². The van der Waals surface area contributed by atoms with Crippen LogP contribution >= 0.6 is 0 Å². The predicted octanol–water partition coefficient (Wildman–Crippen LogP) is 4.75. The van der Waals surface area contributed by atoms with E-state index >= 15 is 0 Å². The SMILES string of the molecule is COc1ccc(Oc2nc3c(C)cccn3c(=O)c2/C=C(\C#N)c2nc3ccccc3n2C)cc1. The molecule has 3 aromatic heterocycles. The fraction of sp³-hybridized carbons (Fsp3) is 0.111. The standard InChI is InChI=1S/C27H21N5O3/c1-17-7-6-14-32-24(17)30-26(35-20-12-10-19(34-3)11-13-20)21(27(32)33)15-18(16-28)25-29-22-8-4-5-9-23(22)31(25)2/h4-15H,1-3H3/b18-15+. The van der Waals surface area contributed by atoms with Crippen LogP contribution in [0.4, 0.5) is 0 Å². The summed E-state index contributed by atoms with van der Waals surface area (Å²) in [5, 5.41) is 10.0. The van der Waals surface area contributed by atoms with Crippen LogP contribution in [0.25, 0.3) is 28.3 Å². The number of nitrogens with zero attached hydrogens (tertiary/aromatic N) is 5. The maximum absolute atomic E-state index is 13.6. The summed E-state index contributed by atoms with van der Waals surface area (Å²) in [6.45, 7) is 1.87. The second kappa shape index (κ2) is 8.80. The Morgan fingerprint density at radius 1 is 1.03 bits per heavy atom. The third-order valence-corrected chi connectivity index (χ3v) is 5.76. The first-order chi connectivity index (χ1) is 17.0. The van der Waals surface area contributed by atoms with Gasteiger partial charge in [0.2, 0.25) is 5.88 Å². The molecule has 3 heterocycles. The normalized spacial score (nSPS) is 11.5. The van der Waals surface area contributed by atoms with Crippen LogP contribution in [0.15, 0.2) is 71.7 Å². The number of aromatic nitrogens is 4. The molecule has 0 fully saturated rings. The summed E-state index contributed by atoms with van der Waals surface area (Å²) < 4.78 is 14.5. The minimum atomic E-state index is -0.353. The Morgan fingerprint density at radius 2 is 1.77 bits per heavy atom. The van der Waals surface area contributed by atoms with Gasteiger partial charge in [-0.1, -0.05) is 18.2 Å². The number of allylic oxidation sites excluding steroid dienone is 1. The summed E-state index contributed by atoms with van der Waals surface area (Å²) in [5.74, 6) is 1.69. The van der Waals surface area contributed by atoms with E-state index in [4.69, 9.17) is 9.47 Å². The first-order valence-electron chi connectivity index (χ1n) is 10.9. The number of ether oxygens (including phenoxy) is 2. The van der Waals surface area contributed by atoms with E-state index in [1.54, 1.807) is 43.6 Å². The van der Waals surface area contributed by atoms with E-state index in [9.17, 15) is 10.1 Å². The molecule has 5 aromatic rings. The molecule has 0 unspecified atom stereocenters. The number of benzene rings is 2. The van der Waals surface area contributed by atoms with Crippen molar-refractivity contribution in [2.75, 3.05) is 7.11 Å². The lowest BCUT2D eigenvalue weighted by molar-refractivity contribution is 0.412. The molecule has 0 atom stereocenters. The monoisotopic (exact) mass is 463 g/mol. The van der Waals surface area contributed by atoms with Gasteiger partial charge in [0, 0.05) is 13.2 Å². The van der Waals surface area contributed by atoms with E-state index in [-0.39, 0.29) is 22.6 Å². The molecule has 0 spiro atoms. The topological polar surface area (TPSA) is 94.4 Å². The molecule has 0 saturated carbocycles. The van der Waals surface area contributed by atoms with Crippen LogP contribution in [0, 0.1) is 18.3 Å². The largest absolute Gasteiger partial charge is 0.497 e. The molecular formula is C27H21N5O3. The van der Waals surface area contributed by atoms with E-state index in [0.717, 1.165) is 16.6 Å². The Bertz CT molecular complexity index is 1710. The van der Waals surface area contributed by atoms with E-state index < -0.39 is 0 Å². The number of para-hydroxylation sites is 2. The van der Waals surface area contributed by atoms with E-state index in [1.807, 2.05) is 48.9 Å². The molecule has 0 saturated heterocycles. The number of methoxy groups -OCH3 is 1. The highest BCUT2D eigenvalue weighted by Crippen LogP contribution is 2.28. The second-order valence-corrected chi connectivity index (χ2v) is 7.95. The first kappa shape index (κ1) is 21.9. The minimum absolute atomic E-state index is 0.0981. The second-order valence-electron chi connectivity index (χ2n) is 7.95. The molecule has 5 rings (SSSR count). The lowest BCUT2D eigenvalue weighted by atomic mass is 10.1. The quantitative estimate of drug-likeness (QED) is 0.349. The molecule has 0 radical (unpaired) electrons. The average Bonchev–Trinajstić information content (AvgIpc) is 3.21. The number of hydrogen-bond donors (Lipinski definition) is 0. The summed E-state index contributed by atoms with van der Waals surface area (Å²) in [7, 11) is 3.41. The molecular weight excluding hydrogens is 442 g/mol. The van der Waals surface area contributed by atoms with E-state index in [2.05, 4.69) is 16.0 Å². The maximum Gasteiger partial charge on any atom is 0.269 e. The van der Waals surface area contributed by atoms with Gasteiger partial charge < -0.3 is 14.0 Å². The molecule has 8 nitrogen and oxygen atoms in total. The van der Waals surface area contributed by atoms with Crippen LogP contribution in [0.3, 0.4) is 0 Å². The van der Waals surface area contributed by atoms with Gasteiger partial charge in [-0.15, -0.1) is 0 Å². The van der Waals surface area contributed by atoms with Crippen LogP contribution in [0.5, 0.6) is 17.4 Å². The van der Waals surface area contributed by atoms with Crippen LogP contribution < -0.4 is 15.0 Å². The van der Waals surface area contributed by atoms with Crippen molar-refractivity contribution >= 4 is 28.3 Å². The molecule has 0 aliphatic carbocycles. The maximum atomic E-state index is 13.6. The van der Waals surface area contributed by atoms with Gasteiger partial charge in [0.1, 0.15) is 28.8 Å². The minimum Gasteiger partial charge on any atom is -0.497 e. The molecule has 35 heavy (non-hydrogen) atoms. The zero-order chi connectivity index (χ0) is 24.5. The first-order valence-corrected chi connectivity index (χ1v) is 10.9. The van der Waals surface area contributed by atoms with Crippen LogP contribution in [-0.2, 0) is 7.05 Å². The van der Waals surface area contributed by atoms with Crippen molar-refractivity contribution in [3.8, 4) is 23.4 Å². The van der Waals surface area contributed by atoms with Gasteiger partial charge in [-0.3, -0.25) is 9.20 Å². The number of fused-ring (bicyclic) bond motifs is 2. The molecule has 0 aliphatic rings. The predicted molar refractivity (Wildman–Crippen MR) is 133 cm³/mol. The molecule has 8 heteroatoms. The Balaban J connectivity index is 1.72. The highest BCUT2D eigenvalue weighted by atomic mass is 16.5. The van der Waals surface area contributed by atoms with Crippen molar-refractivity contribution in [1.82, 2.24) is 18.9 Å². The Kier molecular flexibility index (Phi) is 5.51. The third-order valence-electron chi connectivity index (χ3n) is 5.76. The lowest BCUT2D eigenvalue weighted by Gasteiger charge is -2.12. The van der Waals surface area contributed by atoms with Crippen molar-refractivity contribution < 1.29 is 9.47 Å². The van der Waals surface area contributed by atoms with Gasteiger partial charge in [-0.05, 0) is 61.0 Å². The fourth-order valence-electron chi connectivity index (χ4n) is 3.93. The smallest absolute Gasteiger partial charge is 0.269 e. The summed E-state index contributed by atoms with van der Waals surface area (Å²) in [4.78, 5) is 22.8. The lowest BCUT2D eigenvalue weighted by Crippen LogP contribution is -2.19. The molecule has 2 aromatic carbocycles. The molecule has 172 valence electrons. The molecule has 0 aliphatic heterocycles. The fourth-order valence-corrected chi connectivity index (χ4v) is 3.93. The summed E-state index contributed by atoms with van der Waals surface area (Å²) >= 11 is 0. The number of aryl methyl sites for hydroxylation is 2. The number of rotatable bonds is 5. The van der Waals surface area contributed by atoms with Gasteiger partial charge in [0.05, 0.1) is 23.7 Å². The zero-order valence-electron chi connectivity index (χ0n) is 19.4. The Hall–Kier alpha value is -4.90. The molecule has 0 amide bonds. The van der Waals surface area contributed by atoms with Crippen molar-refractivity contribution in [3.05, 3.63) is 94.2 Å². The van der Waals surface area contributed by atoms with Crippen LogP contribution in [0.2, 0.25) is 0 Å². The van der Waals surface area contributed by atoms with Crippen LogP contribution in [-0.4, -0.2) is 26.0 Å². The van der Waals surface area contributed by atoms with Crippen molar-refractivity contribution in [3.63, 3.8) is 0 Å². The van der Waals surface area contributed by atoms with Gasteiger partial charge in [-0.2, -0.15) is 10.2 Å². The van der Waals surface area contributed by atoms with E-state index in [0.29, 0.717) is 23.0 Å². The zero-order valence-corrected chi connectivity index (χ0v) is 19.4. The molecule has 0 N–H and O–H groups in total.